The van der Waals surface area contributed by atoms with Crippen molar-refractivity contribution in [3.05, 3.63) is 76.7 Å². The number of aromatic amines is 1. The summed E-state index contributed by atoms with van der Waals surface area (Å²) in [6.45, 7) is 3.14. The van der Waals surface area contributed by atoms with Gasteiger partial charge in [-0.1, -0.05) is 42.0 Å². The molecule has 0 aliphatic carbocycles. The predicted molar refractivity (Wildman–Crippen MR) is 105 cm³/mol. The van der Waals surface area contributed by atoms with E-state index in [1.165, 1.54) is 12.1 Å². The summed E-state index contributed by atoms with van der Waals surface area (Å²) in [7, 11) is 1.64. The summed E-state index contributed by atoms with van der Waals surface area (Å²) in [5.41, 5.74) is 5.07. The Morgan fingerprint density at radius 1 is 1.14 bits per heavy atom. The predicted octanol–water partition coefficient (Wildman–Crippen LogP) is 4.11. The second-order valence-corrected chi connectivity index (χ2v) is 7.03. The van der Waals surface area contributed by atoms with Crippen molar-refractivity contribution >= 4 is 5.91 Å². The van der Waals surface area contributed by atoms with Crippen LogP contribution in [0.15, 0.2) is 48.5 Å². The first-order valence-corrected chi connectivity index (χ1v) is 9.31. The maximum Gasteiger partial charge on any atom is 0.273 e. The van der Waals surface area contributed by atoms with Gasteiger partial charge < -0.3 is 9.64 Å². The van der Waals surface area contributed by atoms with E-state index >= 15 is 0 Å². The van der Waals surface area contributed by atoms with Crippen molar-refractivity contribution in [3.63, 3.8) is 0 Å². The highest BCUT2D eigenvalue weighted by molar-refractivity contribution is 6.00. The molecule has 1 N–H and O–H groups in total. The number of H-pyrrole nitrogens is 1. The summed E-state index contributed by atoms with van der Waals surface area (Å²) in [5, 5.41) is 7.38. The van der Waals surface area contributed by atoms with E-state index in [4.69, 9.17) is 4.74 Å². The van der Waals surface area contributed by atoms with Crippen molar-refractivity contribution in [2.24, 2.45) is 0 Å². The normalized spacial score (nSPS) is 15.9. The van der Waals surface area contributed by atoms with Gasteiger partial charge >= 0.3 is 0 Å². The fraction of sp³-hybridized carbons (Fsp3) is 0.273. The molecular formula is C22H22FN3O2. The number of aryl methyl sites for hydroxylation is 1. The number of benzene rings is 2. The lowest BCUT2D eigenvalue weighted by Gasteiger charge is -2.26. The molecule has 6 heteroatoms. The molecule has 1 aliphatic heterocycles. The van der Waals surface area contributed by atoms with Gasteiger partial charge in [-0.2, -0.15) is 5.10 Å². The van der Waals surface area contributed by atoms with E-state index in [0.29, 0.717) is 18.8 Å². The van der Waals surface area contributed by atoms with Crippen LogP contribution in [0.5, 0.6) is 0 Å². The van der Waals surface area contributed by atoms with Crippen LogP contribution in [-0.2, 0) is 4.74 Å². The van der Waals surface area contributed by atoms with Crippen LogP contribution in [0, 0.1) is 12.7 Å². The van der Waals surface area contributed by atoms with Gasteiger partial charge in [-0.25, -0.2) is 4.39 Å². The third kappa shape index (κ3) is 3.20. The van der Waals surface area contributed by atoms with Crippen molar-refractivity contribution in [3.8, 4) is 11.3 Å². The van der Waals surface area contributed by atoms with Crippen molar-refractivity contribution in [2.45, 2.75) is 19.4 Å². The first-order valence-electron chi connectivity index (χ1n) is 9.31. The Morgan fingerprint density at radius 2 is 1.86 bits per heavy atom. The van der Waals surface area contributed by atoms with E-state index in [9.17, 15) is 9.18 Å². The van der Waals surface area contributed by atoms with Crippen molar-refractivity contribution in [2.75, 3.05) is 20.3 Å². The van der Waals surface area contributed by atoms with Crippen LogP contribution in [0.3, 0.4) is 0 Å². The molecule has 0 saturated heterocycles. The number of nitrogens with zero attached hydrogens (tertiary/aromatic N) is 2. The maximum absolute atomic E-state index is 13.5. The molecule has 0 fully saturated rings. The summed E-state index contributed by atoms with van der Waals surface area (Å²) in [4.78, 5) is 14.9. The number of aromatic nitrogens is 2. The van der Waals surface area contributed by atoms with Crippen LogP contribution in [0.1, 0.15) is 39.6 Å². The van der Waals surface area contributed by atoms with Crippen molar-refractivity contribution < 1.29 is 13.9 Å². The number of rotatable bonds is 6. The number of carbonyl (C=O) groups is 1. The fourth-order valence-electron chi connectivity index (χ4n) is 3.73. The first kappa shape index (κ1) is 18.4. The quantitative estimate of drug-likeness (QED) is 0.656. The molecule has 4 rings (SSSR count). The molecule has 1 atom stereocenters. The van der Waals surface area contributed by atoms with Crippen molar-refractivity contribution in [1.82, 2.24) is 15.1 Å². The van der Waals surface area contributed by atoms with E-state index in [2.05, 4.69) is 10.2 Å². The molecule has 1 aliphatic rings. The number of amides is 1. The molecule has 2 aromatic carbocycles. The molecule has 1 unspecified atom stereocenters. The van der Waals surface area contributed by atoms with Gasteiger partial charge in [0.05, 0.1) is 11.7 Å². The van der Waals surface area contributed by atoms with Crippen LogP contribution >= 0.6 is 0 Å². The second-order valence-electron chi connectivity index (χ2n) is 7.03. The Morgan fingerprint density at radius 3 is 2.54 bits per heavy atom. The summed E-state index contributed by atoms with van der Waals surface area (Å²) in [6, 6.07) is 14.1. The van der Waals surface area contributed by atoms with Crippen LogP contribution in [0.4, 0.5) is 4.39 Å². The third-order valence-electron chi connectivity index (χ3n) is 5.12. The van der Waals surface area contributed by atoms with Crippen LogP contribution in [0.2, 0.25) is 0 Å². The van der Waals surface area contributed by atoms with Crippen molar-refractivity contribution in [1.29, 1.82) is 0 Å². The Kier molecular flexibility index (Phi) is 4.96. The van der Waals surface area contributed by atoms with Crippen LogP contribution in [-0.4, -0.2) is 41.3 Å². The molecule has 28 heavy (non-hydrogen) atoms. The SMILES string of the molecule is COCCCN1C(=O)c2[nH]nc(-c3ccc(C)cc3)c2C1c1ccc(F)cc1. The van der Waals surface area contributed by atoms with Gasteiger partial charge in [-0.05, 0) is 31.0 Å². The zero-order chi connectivity index (χ0) is 19.7. The number of hydrogen-bond donors (Lipinski definition) is 1. The Hall–Kier alpha value is -2.99. The van der Waals surface area contributed by atoms with E-state index < -0.39 is 0 Å². The molecule has 1 amide bonds. The fourth-order valence-corrected chi connectivity index (χ4v) is 3.73. The zero-order valence-corrected chi connectivity index (χ0v) is 15.9. The Balaban J connectivity index is 1.80. The minimum Gasteiger partial charge on any atom is -0.385 e. The van der Waals surface area contributed by atoms with Gasteiger partial charge in [0.1, 0.15) is 11.5 Å². The minimum absolute atomic E-state index is 0.0914. The molecule has 0 radical (unpaired) electrons. The van der Waals surface area contributed by atoms with Gasteiger partial charge in [0, 0.05) is 31.4 Å². The number of methoxy groups -OCH3 is 1. The average molecular weight is 379 g/mol. The molecule has 1 aromatic heterocycles. The summed E-state index contributed by atoms with van der Waals surface area (Å²) < 4.78 is 18.6. The third-order valence-corrected chi connectivity index (χ3v) is 5.12. The number of carbonyl (C=O) groups excluding carboxylic acids is 1. The number of hydrogen-bond acceptors (Lipinski definition) is 3. The lowest BCUT2D eigenvalue weighted by atomic mass is 9.95. The number of ether oxygens (including phenoxy) is 1. The highest BCUT2D eigenvalue weighted by atomic mass is 19.1. The van der Waals surface area contributed by atoms with E-state index in [1.54, 1.807) is 19.2 Å². The topological polar surface area (TPSA) is 58.2 Å². The second kappa shape index (κ2) is 7.56. The number of halogens is 1. The van der Waals surface area contributed by atoms with E-state index in [1.807, 2.05) is 36.1 Å². The van der Waals surface area contributed by atoms with E-state index in [-0.39, 0.29) is 17.8 Å². The molecular weight excluding hydrogens is 357 g/mol. The Labute approximate surface area is 163 Å². The maximum atomic E-state index is 13.5. The average Bonchev–Trinajstić information content (AvgIpc) is 3.23. The summed E-state index contributed by atoms with van der Waals surface area (Å²) in [5.74, 6) is -0.392. The smallest absolute Gasteiger partial charge is 0.273 e. The monoisotopic (exact) mass is 379 g/mol. The van der Waals surface area contributed by atoms with Gasteiger partial charge in [0.15, 0.2) is 0 Å². The summed E-state index contributed by atoms with van der Waals surface area (Å²) >= 11 is 0. The molecule has 5 nitrogen and oxygen atoms in total. The first-order chi connectivity index (χ1) is 13.6. The number of nitrogens with one attached hydrogen (secondary N) is 1. The highest BCUT2D eigenvalue weighted by Gasteiger charge is 2.41. The van der Waals surface area contributed by atoms with Gasteiger partial charge in [0.25, 0.3) is 5.91 Å². The van der Waals surface area contributed by atoms with E-state index in [0.717, 1.165) is 34.4 Å². The molecule has 0 bridgehead atoms. The standard InChI is InChI=1S/C22H22FN3O2/c1-14-4-6-15(7-5-14)19-18-20(25-24-19)22(27)26(12-3-13-28-2)21(18)16-8-10-17(23)11-9-16/h4-11,21H,3,12-13H2,1-2H3,(H,24,25). The molecule has 3 aromatic rings. The van der Waals surface area contributed by atoms with Gasteiger partial charge in [-0.15, -0.1) is 0 Å². The minimum atomic E-state index is -0.310. The Bertz CT molecular complexity index is 980. The molecule has 0 spiro atoms. The zero-order valence-electron chi connectivity index (χ0n) is 15.9. The van der Waals surface area contributed by atoms with Crippen LogP contribution < -0.4 is 0 Å². The molecule has 144 valence electrons. The molecule has 0 saturated carbocycles. The van der Waals surface area contributed by atoms with Crippen LogP contribution in [0.25, 0.3) is 11.3 Å². The lowest BCUT2D eigenvalue weighted by Crippen LogP contribution is -2.31. The number of fused-ring (bicyclic) bond motifs is 1. The van der Waals surface area contributed by atoms with Gasteiger partial charge in [0.2, 0.25) is 0 Å². The lowest BCUT2D eigenvalue weighted by molar-refractivity contribution is 0.0723. The van der Waals surface area contributed by atoms with Gasteiger partial charge in [-0.3, -0.25) is 9.89 Å². The molecule has 2 heterocycles. The highest BCUT2D eigenvalue weighted by Crippen LogP contribution is 2.42. The largest absolute Gasteiger partial charge is 0.385 e. The summed E-state index contributed by atoms with van der Waals surface area (Å²) in [6.07, 6.45) is 0.720.